The Labute approximate surface area is 331 Å². The second kappa shape index (κ2) is 13.7. The van der Waals surface area contributed by atoms with Crippen molar-refractivity contribution in [1.29, 1.82) is 0 Å². The highest BCUT2D eigenvalue weighted by Crippen LogP contribution is 2.48. The molecular formula is C53H35N3O. The highest BCUT2D eigenvalue weighted by Gasteiger charge is 2.34. The molecule has 8 aromatic carbocycles. The van der Waals surface area contributed by atoms with E-state index in [1.807, 2.05) is 6.07 Å². The molecule has 0 saturated carbocycles. The highest BCUT2D eigenvalue weighted by atomic mass is 16.5. The third kappa shape index (κ3) is 5.82. The average Bonchev–Trinajstić information content (AvgIpc) is 3.68. The first kappa shape index (κ1) is 33.0. The summed E-state index contributed by atoms with van der Waals surface area (Å²) in [6.45, 7) is 0. The molecule has 0 radical (unpaired) electrons. The largest absolute Gasteiger partial charge is 0.484 e. The molecule has 2 atom stereocenters. The summed E-state index contributed by atoms with van der Waals surface area (Å²) in [5.74, 6) is 3.05. The molecule has 2 heterocycles. The first-order valence-electron chi connectivity index (χ1n) is 19.4. The van der Waals surface area contributed by atoms with E-state index >= 15 is 0 Å². The van der Waals surface area contributed by atoms with Gasteiger partial charge in [-0.3, -0.25) is 0 Å². The van der Waals surface area contributed by atoms with Crippen LogP contribution < -0.4 is 4.74 Å². The Kier molecular flexibility index (Phi) is 7.92. The molecule has 0 bridgehead atoms. The summed E-state index contributed by atoms with van der Waals surface area (Å²) in [6.07, 6.45) is 8.60. The van der Waals surface area contributed by atoms with Gasteiger partial charge >= 0.3 is 0 Å². The van der Waals surface area contributed by atoms with Crippen LogP contribution in [0, 0.1) is 0 Å². The second-order valence-electron chi connectivity index (χ2n) is 14.7. The zero-order valence-electron chi connectivity index (χ0n) is 31.0. The van der Waals surface area contributed by atoms with Crippen LogP contribution in [0.15, 0.2) is 200 Å². The minimum atomic E-state index is 0.0154. The lowest BCUT2D eigenvalue weighted by Crippen LogP contribution is -2.15. The maximum Gasteiger partial charge on any atom is 0.164 e. The maximum atomic E-state index is 6.61. The summed E-state index contributed by atoms with van der Waals surface area (Å²) in [5, 5.41) is 4.63. The monoisotopic (exact) mass is 729 g/mol. The first-order chi connectivity index (χ1) is 28.2. The molecule has 57 heavy (non-hydrogen) atoms. The number of allylic oxidation sites excluding steroid dienone is 2. The van der Waals surface area contributed by atoms with Gasteiger partial charge in [0.25, 0.3) is 0 Å². The Morgan fingerprint density at radius 2 is 0.895 bits per heavy atom. The topological polar surface area (TPSA) is 47.9 Å². The first-order valence-corrected chi connectivity index (χ1v) is 19.4. The molecule has 2 unspecified atom stereocenters. The van der Waals surface area contributed by atoms with Gasteiger partial charge in [-0.25, -0.2) is 15.0 Å². The van der Waals surface area contributed by atoms with Crippen LogP contribution in [0.2, 0.25) is 0 Å². The summed E-state index contributed by atoms with van der Waals surface area (Å²) in [5.41, 5.74) is 10.9. The Morgan fingerprint density at radius 1 is 0.351 bits per heavy atom. The van der Waals surface area contributed by atoms with Crippen molar-refractivity contribution in [3.63, 3.8) is 0 Å². The number of fused-ring (bicyclic) bond motifs is 5. The molecule has 1 aliphatic heterocycles. The molecule has 1 aromatic heterocycles. The van der Waals surface area contributed by atoms with E-state index < -0.39 is 0 Å². The molecule has 1 aliphatic carbocycles. The number of nitrogens with zero attached hydrogens (tertiary/aromatic N) is 3. The van der Waals surface area contributed by atoms with E-state index in [1.165, 1.54) is 27.5 Å². The van der Waals surface area contributed by atoms with E-state index in [9.17, 15) is 0 Å². The number of benzene rings is 8. The summed E-state index contributed by atoms with van der Waals surface area (Å²) in [7, 11) is 0. The van der Waals surface area contributed by atoms with Gasteiger partial charge in [-0.2, -0.15) is 0 Å². The lowest BCUT2D eigenvalue weighted by molar-refractivity contribution is 0.270. The molecule has 2 aliphatic rings. The van der Waals surface area contributed by atoms with Gasteiger partial charge in [0.2, 0.25) is 0 Å². The third-order valence-electron chi connectivity index (χ3n) is 11.3. The van der Waals surface area contributed by atoms with Gasteiger partial charge in [0.05, 0.1) is 0 Å². The van der Waals surface area contributed by atoms with Gasteiger partial charge in [-0.15, -0.1) is 0 Å². The van der Waals surface area contributed by atoms with E-state index in [4.69, 9.17) is 19.7 Å². The number of aromatic nitrogens is 3. The van der Waals surface area contributed by atoms with Crippen molar-refractivity contribution in [2.24, 2.45) is 0 Å². The summed E-state index contributed by atoms with van der Waals surface area (Å²) in [4.78, 5) is 15.5. The lowest BCUT2D eigenvalue weighted by Gasteiger charge is -2.15. The zero-order chi connectivity index (χ0) is 37.7. The van der Waals surface area contributed by atoms with E-state index in [2.05, 4.69) is 194 Å². The fourth-order valence-corrected chi connectivity index (χ4v) is 8.48. The molecule has 9 aromatic rings. The van der Waals surface area contributed by atoms with Crippen LogP contribution in [0.3, 0.4) is 0 Å². The fourth-order valence-electron chi connectivity index (χ4n) is 8.48. The van der Waals surface area contributed by atoms with Crippen LogP contribution >= 0.6 is 0 Å². The predicted octanol–water partition coefficient (Wildman–Crippen LogP) is 13.2. The molecule has 268 valence electrons. The van der Waals surface area contributed by atoms with Gasteiger partial charge in [-0.05, 0) is 61.5 Å². The lowest BCUT2D eigenvalue weighted by atomic mass is 9.89. The van der Waals surface area contributed by atoms with Crippen LogP contribution in [0.25, 0.3) is 89.1 Å². The van der Waals surface area contributed by atoms with Crippen LogP contribution in [0.4, 0.5) is 0 Å². The second-order valence-corrected chi connectivity index (χ2v) is 14.7. The third-order valence-corrected chi connectivity index (χ3v) is 11.3. The van der Waals surface area contributed by atoms with Crippen molar-refractivity contribution in [2.45, 2.75) is 12.0 Å². The Balaban J connectivity index is 1.04. The highest BCUT2D eigenvalue weighted by molar-refractivity contribution is 6.05. The predicted molar refractivity (Wildman–Crippen MR) is 233 cm³/mol. The van der Waals surface area contributed by atoms with Gasteiger partial charge < -0.3 is 4.74 Å². The number of hydrogen-bond acceptors (Lipinski definition) is 4. The summed E-state index contributed by atoms with van der Waals surface area (Å²) in [6, 6.07) is 61.9. The van der Waals surface area contributed by atoms with Crippen LogP contribution in [0.1, 0.15) is 11.5 Å². The molecule has 0 saturated heterocycles. The van der Waals surface area contributed by atoms with E-state index in [1.54, 1.807) is 0 Å². The van der Waals surface area contributed by atoms with Crippen LogP contribution in [-0.2, 0) is 0 Å². The van der Waals surface area contributed by atoms with Crippen molar-refractivity contribution in [3.8, 4) is 73.3 Å². The van der Waals surface area contributed by atoms with Gasteiger partial charge in [0.15, 0.2) is 17.5 Å². The van der Waals surface area contributed by atoms with E-state index in [0.29, 0.717) is 17.5 Å². The van der Waals surface area contributed by atoms with Crippen molar-refractivity contribution in [3.05, 3.63) is 206 Å². The van der Waals surface area contributed by atoms with Crippen LogP contribution in [0.5, 0.6) is 5.75 Å². The van der Waals surface area contributed by atoms with Crippen molar-refractivity contribution in [1.82, 2.24) is 15.0 Å². The summed E-state index contributed by atoms with van der Waals surface area (Å²) < 4.78 is 6.61. The molecule has 0 amide bonds. The number of ether oxygens (including phenoxy) is 1. The van der Waals surface area contributed by atoms with Gasteiger partial charge in [0, 0.05) is 33.7 Å². The molecule has 0 spiro atoms. The normalized spacial score (nSPS) is 15.4. The van der Waals surface area contributed by atoms with E-state index in [0.717, 1.165) is 55.5 Å². The molecular weight excluding hydrogens is 695 g/mol. The van der Waals surface area contributed by atoms with E-state index in [-0.39, 0.29) is 12.0 Å². The minimum Gasteiger partial charge on any atom is -0.484 e. The summed E-state index contributed by atoms with van der Waals surface area (Å²) >= 11 is 0. The quantitative estimate of drug-likeness (QED) is 0.171. The molecule has 0 fully saturated rings. The van der Waals surface area contributed by atoms with Gasteiger partial charge in [-0.1, -0.05) is 188 Å². The number of rotatable bonds is 6. The molecule has 4 nitrogen and oxygen atoms in total. The van der Waals surface area contributed by atoms with Crippen LogP contribution in [-0.4, -0.2) is 21.1 Å². The Morgan fingerprint density at radius 3 is 1.67 bits per heavy atom. The minimum absolute atomic E-state index is 0.0154. The maximum absolute atomic E-state index is 6.61. The molecule has 11 rings (SSSR count). The number of para-hydroxylation sites is 1. The van der Waals surface area contributed by atoms with Gasteiger partial charge in [0.1, 0.15) is 11.9 Å². The Bertz CT molecular complexity index is 3030. The molecule has 4 heteroatoms. The zero-order valence-corrected chi connectivity index (χ0v) is 31.0. The fraction of sp³-hybridized carbons (Fsp3) is 0.0377. The number of hydrogen-bond donors (Lipinski definition) is 0. The SMILES string of the molecule is C1=CC2Oc3c(-c4ccc(-c5nc(-c6ccc(-c7ccccc7)cc6)nc(-c6ccc(-c7cccc8ccccc78)cc6)n5)c5ccccc45)cccc3C2C=C1. The average molecular weight is 730 g/mol. The smallest absolute Gasteiger partial charge is 0.164 e. The Hall–Kier alpha value is -7.43. The van der Waals surface area contributed by atoms with Crippen molar-refractivity contribution >= 4 is 21.5 Å². The standard InChI is InChI=1S/C53H35N3O/c1-2-12-34(13-3-1)35-24-28-38(29-25-35)51-54-52(39-30-26-37(27-31-39)41-20-10-15-36-14-4-5-16-40(36)41)56-53(55-51)48-33-32-44(42-17-6-7-18-43(42)48)46-21-11-22-47-45-19-8-9-23-49(45)57-50(46)47/h1-33,45,49H. The van der Waals surface area contributed by atoms with Crippen molar-refractivity contribution < 1.29 is 4.74 Å². The molecule has 0 N–H and O–H groups in total. The van der Waals surface area contributed by atoms with Crippen molar-refractivity contribution in [2.75, 3.05) is 0 Å².